The molecule has 3 heteroatoms. The maximum atomic E-state index is 8.68. The van der Waals surface area contributed by atoms with Gasteiger partial charge in [-0.1, -0.05) is 26.2 Å². The molecule has 1 fully saturated rings. The number of furan rings is 1. The Balaban J connectivity index is 1.86. The van der Waals surface area contributed by atoms with Crippen molar-refractivity contribution in [3.8, 4) is 6.07 Å². The van der Waals surface area contributed by atoms with Gasteiger partial charge in [0.05, 0.1) is 6.54 Å². The summed E-state index contributed by atoms with van der Waals surface area (Å²) in [4.78, 5) is 0. The highest BCUT2D eigenvalue weighted by atomic mass is 16.3. The number of hydrogen-bond acceptors (Lipinski definition) is 3. The van der Waals surface area contributed by atoms with Crippen LogP contribution >= 0.6 is 0 Å². The minimum absolute atomic E-state index is 0.400. The fourth-order valence-corrected chi connectivity index (χ4v) is 2.73. The molecule has 1 heterocycles. The molecule has 3 nitrogen and oxygen atoms in total. The largest absolute Gasteiger partial charge is 0.449 e. The monoisotopic (exact) mass is 232 g/mol. The maximum absolute atomic E-state index is 8.68. The molecule has 2 rings (SSSR count). The van der Waals surface area contributed by atoms with Crippen molar-refractivity contribution in [2.75, 3.05) is 0 Å². The van der Waals surface area contributed by atoms with E-state index in [0.717, 1.165) is 18.2 Å². The molecule has 0 aliphatic heterocycles. The van der Waals surface area contributed by atoms with E-state index in [4.69, 9.17) is 9.68 Å². The van der Waals surface area contributed by atoms with E-state index in [1.807, 2.05) is 12.1 Å². The summed E-state index contributed by atoms with van der Waals surface area (Å²) < 4.78 is 5.37. The smallest absolute Gasteiger partial charge is 0.203 e. The van der Waals surface area contributed by atoms with Crippen LogP contribution in [0.5, 0.6) is 0 Å². The van der Waals surface area contributed by atoms with E-state index in [9.17, 15) is 0 Å². The summed E-state index contributed by atoms with van der Waals surface area (Å²) in [7, 11) is 0. The number of rotatable bonds is 4. The van der Waals surface area contributed by atoms with Gasteiger partial charge < -0.3 is 9.73 Å². The van der Waals surface area contributed by atoms with Crippen LogP contribution in [0.15, 0.2) is 16.5 Å². The minimum Gasteiger partial charge on any atom is -0.449 e. The summed E-state index contributed by atoms with van der Waals surface area (Å²) in [6.45, 7) is 3.01. The molecule has 1 aromatic rings. The summed E-state index contributed by atoms with van der Waals surface area (Å²) in [6.07, 6.45) is 6.56. The van der Waals surface area contributed by atoms with Gasteiger partial charge in [0.15, 0.2) is 0 Å². The SMILES string of the molecule is CCC1CCCCC1NCc1ccc(C#N)o1. The maximum Gasteiger partial charge on any atom is 0.203 e. The number of nitrogens with one attached hydrogen (secondary N) is 1. The number of nitrogens with zero attached hydrogens (tertiary/aromatic N) is 1. The number of nitriles is 1. The van der Waals surface area contributed by atoms with E-state index >= 15 is 0 Å². The first-order valence-corrected chi connectivity index (χ1v) is 6.55. The molecule has 1 saturated carbocycles. The lowest BCUT2D eigenvalue weighted by molar-refractivity contribution is 0.249. The Morgan fingerprint density at radius 2 is 2.24 bits per heavy atom. The molecule has 0 spiro atoms. The third-order valence-corrected chi connectivity index (χ3v) is 3.74. The average Bonchev–Trinajstić information content (AvgIpc) is 2.84. The van der Waals surface area contributed by atoms with Crippen molar-refractivity contribution in [3.63, 3.8) is 0 Å². The lowest BCUT2D eigenvalue weighted by Gasteiger charge is -2.31. The molecule has 1 aromatic heterocycles. The zero-order valence-electron chi connectivity index (χ0n) is 10.4. The highest BCUT2D eigenvalue weighted by Gasteiger charge is 2.23. The molecule has 17 heavy (non-hydrogen) atoms. The van der Waals surface area contributed by atoms with Gasteiger partial charge in [0.25, 0.3) is 0 Å². The zero-order chi connectivity index (χ0) is 12.1. The topological polar surface area (TPSA) is 49.0 Å². The van der Waals surface area contributed by atoms with Crippen LogP contribution in [0.2, 0.25) is 0 Å². The summed E-state index contributed by atoms with van der Waals surface area (Å²) in [5.41, 5.74) is 0. The molecular formula is C14H20N2O. The normalized spacial score (nSPS) is 24.5. The standard InChI is InChI=1S/C14H20N2O/c1-2-11-5-3-4-6-14(11)16-10-13-8-7-12(9-15)17-13/h7-8,11,14,16H,2-6,10H2,1H3. The molecule has 1 aliphatic carbocycles. The molecular weight excluding hydrogens is 212 g/mol. The van der Waals surface area contributed by atoms with Crippen LogP contribution in [0.1, 0.15) is 50.5 Å². The molecule has 0 radical (unpaired) electrons. The van der Waals surface area contributed by atoms with Gasteiger partial charge >= 0.3 is 0 Å². The second-order valence-corrected chi connectivity index (χ2v) is 4.82. The molecule has 2 atom stereocenters. The lowest BCUT2D eigenvalue weighted by Crippen LogP contribution is -2.37. The van der Waals surface area contributed by atoms with Crippen LogP contribution in [-0.2, 0) is 6.54 Å². The van der Waals surface area contributed by atoms with Crippen molar-refractivity contribution in [1.82, 2.24) is 5.32 Å². The Kier molecular flexibility index (Phi) is 4.22. The van der Waals surface area contributed by atoms with Crippen LogP contribution in [-0.4, -0.2) is 6.04 Å². The van der Waals surface area contributed by atoms with Crippen molar-refractivity contribution in [2.24, 2.45) is 5.92 Å². The Hall–Kier alpha value is -1.27. The van der Waals surface area contributed by atoms with E-state index in [1.165, 1.54) is 32.1 Å². The summed E-state index contributed by atoms with van der Waals surface area (Å²) in [5.74, 6) is 2.06. The minimum atomic E-state index is 0.400. The quantitative estimate of drug-likeness (QED) is 0.867. The highest BCUT2D eigenvalue weighted by Crippen LogP contribution is 2.27. The lowest BCUT2D eigenvalue weighted by atomic mass is 9.83. The van der Waals surface area contributed by atoms with Gasteiger partial charge in [0, 0.05) is 6.04 Å². The van der Waals surface area contributed by atoms with Gasteiger partial charge in [-0.15, -0.1) is 0 Å². The Morgan fingerprint density at radius 1 is 1.41 bits per heavy atom. The van der Waals surface area contributed by atoms with E-state index < -0.39 is 0 Å². The molecule has 1 N–H and O–H groups in total. The van der Waals surface area contributed by atoms with Gasteiger partial charge in [-0.3, -0.25) is 0 Å². The number of hydrogen-bond donors (Lipinski definition) is 1. The van der Waals surface area contributed by atoms with E-state index in [2.05, 4.69) is 12.2 Å². The molecule has 1 aliphatic rings. The van der Waals surface area contributed by atoms with Crippen molar-refractivity contribution in [1.29, 1.82) is 5.26 Å². The molecule has 2 unspecified atom stereocenters. The van der Waals surface area contributed by atoms with Crippen LogP contribution < -0.4 is 5.32 Å². The second-order valence-electron chi connectivity index (χ2n) is 4.82. The van der Waals surface area contributed by atoms with Crippen molar-refractivity contribution in [2.45, 2.75) is 51.6 Å². The van der Waals surface area contributed by atoms with Gasteiger partial charge in [0.2, 0.25) is 5.76 Å². The Bertz CT molecular complexity index is 391. The third-order valence-electron chi connectivity index (χ3n) is 3.74. The molecule has 0 amide bonds. The van der Waals surface area contributed by atoms with Crippen LogP contribution in [0.4, 0.5) is 0 Å². The fourth-order valence-electron chi connectivity index (χ4n) is 2.73. The summed E-state index contributed by atoms with van der Waals surface area (Å²) in [6, 6.07) is 6.24. The van der Waals surface area contributed by atoms with E-state index in [1.54, 1.807) is 6.07 Å². The third kappa shape index (κ3) is 3.10. The molecule has 92 valence electrons. The first kappa shape index (κ1) is 12.2. The van der Waals surface area contributed by atoms with Crippen LogP contribution in [0.25, 0.3) is 0 Å². The summed E-state index contributed by atoms with van der Waals surface area (Å²) in [5, 5.41) is 12.3. The van der Waals surface area contributed by atoms with Gasteiger partial charge in [-0.25, -0.2) is 0 Å². The Morgan fingerprint density at radius 3 is 2.94 bits per heavy atom. The predicted octanol–water partition coefficient (Wildman–Crippen LogP) is 3.21. The first-order valence-electron chi connectivity index (χ1n) is 6.55. The predicted molar refractivity (Wildman–Crippen MR) is 66.3 cm³/mol. The fraction of sp³-hybridized carbons (Fsp3) is 0.643. The molecule has 0 aromatic carbocycles. The van der Waals surface area contributed by atoms with Gasteiger partial charge in [-0.2, -0.15) is 5.26 Å². The average molecular weight is 232 g/mol. The van der Waals surface area contributed by atoms with E-state index in [-0.39, 0.29) is 0 Å². The van der Waals surface area contributed by atoms with Crippen molar-refractivity contribution in [3.05, 3.63) is 23.7 Å². The molecule has 0 saturated heterocycles. The van der Waals surface area contributed by atoms with E-state index in [0.29, 0.717) is 11.8 Å². The zero-order valence-corrected chi connectivity index (χ0v) is 10.4. The van der Waals surface area contributed by atoms with Crippen LogP contribution in [0.3, 0.4) is 0 Å². The second kappa shape index (κ2) is 5.88. The summed E-state index contributed by atoms with van der Waals surface area (Å²) >= 11 is 0. The molecule has 0 bridgehead atoms. The highest BCUT2D eigenvalue weighted by molar-refractivity contribution is 5.19. The van der Waals surface area contributed by atoms with Crippen molar-refractivity contribution < 1.29 is 4.42 Å². The van der Waals surface area contributed by atoms with Crippen LogP contribution in [0, 0.1) is 17.2 Å². The van der Waals surface area contributed by atoms with Gasteiger partial charge in [-0.05, 0) is 30.9 Å². The van der Waals surface area contributed by atoms with Gasteiger partial charge in [0.1, 0.15) is 11.8 Å². The Labute approximate surface area is 103 Å². The first-order chi connectivity index (χ1) is 8.33. The van der Waals surface area contributed by atoms with Crippen molar-refractivity contribution >= 4 is 0 Å².